The van der Waals surface area contributed by atoms with E-state index in [4.69, 9.17) is 32.7 Å². The van der Waals surface area contributed by atoms with Crippen LogP contribution in [0.15, 0.2) is 18.2 Å². The Kier molecular flexibility index (Phi) is 4.73. The van der Waals surface area contributed by atoms with Crippen molar-refractivity contribution < 1.29 is 9.47 Å². The zero-order valence-corrected chi connectivity index (χ0v) is 12.0. The van der Waals surface area contributed by atoms with Gasteiger partial charge in [-0.3, -0.25) is 0 Å². The summed E-state index contributed by atoms with van der Waals surface area (Å²) in [6.07, 6.45) is 1.09. The summed E-state index contributed by atoms with van der Waals surface area (Å²) < 4.78 is 11.3. The quantitative estimate of drug-likeness (QED) is 0.903. The van der Waals surface area contributed by atoms with Gasteiger partial charge in [-0.05, 0) is 18.7 Å². The summed E-state index contributed by atoms with van der Waals surface area (Å²) in [6.45, 7) is 3.02. The van der Waals surface area contributed by atoms with E-state index in [-0.39, 0.29) is 12.2 Å². The van der Waals surface area contributed by atoms with Gasteiger partial charge in [0.25, 0.3) is 0 Å². The first-order valence-electron chi connectivity index (χ1n) is 6.03. The maximum atomic E-state index is 5.95. The monoisotopic (exact) mass is 289 g/mol. The SMILES string of the molecule is CCNC1CC(Oc2ccc(Cl)c(Cl)c2)C1OC. The lowest BCUT2D eigenvalue weighted by atomic mass is 9.85. The van der Waals surface area contributed by atoms with Gasteiger partial charge < -0.3 is 14.8 Å². The first kappa shape index (κ1) is 13.9. The van der Waals surface area contributed by atoms with Crippen LogP contribution in [0.1, 0.15) is 13.3 Å². The van der Waals surface area contributed by atoms with Crippen molar-refractivity contribution in [1.29, 1.82) is 0 Å². The van der Waals surface area contributed by atoms with Crippen LogP contribution in [0.25, 0.3) is 0 Å². The Morgan fingerprint density at radius 3 is 2.72 bits per heavy atom. The molecular weight excluding hydrogens is 273 g/mol. The molecule has 3 nitrogen and oxygen atoms in total. The molecule has 0 radical (unpaired) electrons. The zero-order chi connectivity index (χ0) is 13.1. The number of methoxy groups -OCH3 is 1. The lowest BCUT2D eigenvalue weighted by Crippen LogP contribution is -2.60. The zero-order valence-electron chi connectivity index (χ0n) is 10.5. The van der Waals surface area contributed by atoms with Gasteiger partial charge in [-0.2, -0.15) is 0 Å². The molecule has 3 atom stereocenters. The molecule has 1 N–H and O–H groups in total. The van der Waals surface area contributed by atoms with Crippen molar-refractivity contribution in [2.24, 2.45) is 0 Å². The molecule has 1 aliphatic carbocycles. The van der Waals surface area contributed by atoms with Gasteiger partial charge in [0.1, 0.15) is 18.0 Å². The second-order valence-electron chi connectivity index (χ2n) is 4.33. The van der Waals surface area contributed by atoms with E-state index in [0.29, 0.717) is 16.1 Å². The molecule has 0 saturated heterocycles. The number of halogens is 2. The Labute approximate surface area is 117 Å². The molecule has 1 aliphatic rings. The molecular formula is C13H17Cl2NO2. The van der Waals surface area contributed by atoms with E-state index >= 15 is 0 Å². The standard InChI is InChI=1S/C13H17Cl2NO2/c1-3-16-11-7-12(13(11)17-2)18-8-4-5-9(14)10(15)6-8/h4-6,11-13,16H,3,7H2,1-2H3. The molecule has 1 saturated carbocycles. The maximum Gasteiger partial charge on any atom is 0.128 e. The summed E-state index contributed by atoms with van der Waals surface area (Å²) in [5.74, 6) is 0.728. The molecule has 0 amide bonds. The number of hydrogen-bond acceptors (Lipinski definition) is 3. The average Bonchev–Trinajstić information content (AvgIpc) is 2.32. The molecule has 2 rings (SSSR count). The van der Waals surface area contributed by atoms with Crippen LogP contribution < -0.4 is 10.1 Å². The number of rotatable bonds is 5. The third-order valence-corrected chi connectivity index (χ3v) is 3.91. The van der Waals surface area contributed by atoms with E-state index in [2.05, 4.69) is 12.2 Å². The highest BCUT2D eigenvalue weighted by atomic mass is 35.5. The van der Waals surface area contributed by atoms with E-state index in [1.807, 2.05) is 6.07 Å². The predicted octanol–water partition coefficient (Wildman–Crippen LogP) is 3.14. The summed E-state index contributed by atoms with van der Waals surface area (Å²) in [7, 11) is 1.71. The smallest absolute Gasteiger partial charge is 0.128 e. The third kappa shape index (κ3) is 2.91. The summed E-state index contributed by atoms with van der Waals surface area (Å²) in [6, 6.07) is 5.66. The Morgan fingerprint density at radius 2 is 2.11 bits per heavy atom. The number of ether oxygens (including phenoxy) is 2. The minimum Gasteiger partial charge on any atom is -0.488 e. The third-order valence-electron chi connectivity index (χ3n) is 3.17. The van der Waals surface area contributed by atoms with Crippen LogP contribution >= 0.6 is 23.2 Å². The van der Waals surface area contributed by atoms with Crippen LogP contribution in [-0.2, 0) is 4.74 Å². The van der Waals surface area contributed by atoms with Gasteiger partial charge in [-0.1, -0.05) is 30.1 Å². The number of hydrogen-bond donors (Lipinski definition) is 1. The maximum absolute atomic E-state index is 5.95. The molecule has 5 heteroatoms. The largest absolute Gasteiger partial charge is 0.488 e. The minimum absolute atomic E-state index is 0.0660. The fourth-order valence-corrected chi connectivity index (χ4v) is 2.49. The normalized spacial score (nSPS) is 26.8. The Hall–Kier alpha value is -0.480. The number of likely N-dealkylation sites (N-methyl/N-ethyl adjacent to an activating group) is 1. The molecule has 100 valence electrons. The van der Waals surface area contributed by atoms with E-state index in [9.17, 15) is 0 Å². The summed E-state index contributed by atoms with van der Waals surface area (Å²) in [5.41, 5.74) is 0. The Balaban J connectivity index is 1.96. The van der Waals surface area contributed by atoms with Crippen molar-refractivity contribution in [3.8, 4) is 5.75 Å². The highest BCUT2D eigenvalue weighted by molar-refractivity contribution is 6.42. The van der Waals surface area contributed by atoms with Gasteiger partial charge in [-0.25, -0.2) is 0 Å². The second-order valence-corrected chi connectivity index (χ2v) is 5.15. The van der Waals surface area contributed by atoms with Crippen molar-refractivity contribution >= 4 is 23.2 Å². The van der Waals surface area contributed by atoms with E-state index in [1.165, 1.54) is 0 Å². The topological polar surface area (TPSA) is 30.5 Å². The van der Waals surface area contributed by atoms with E-state index < -0.39 is 0 Å². The highest BCUT2D eigenvalue weighted by Crippen LogP contribution is 2.32. The van der Waals surface area contributed by atoms with Gasteiger partial charge in [0.2, 0.25) is 0 Å². The fraction of sp³-hybridized carbons (Fsp3) is 0.538. The molecule has 18 heavy (non-hydrogen) atoms. The molecule has 1 aromatic rings. The van der Waals surface area contributed by atoms with Gasteiger partial charge in [-0.15, -0.1) is 0 Å². The highest BCUT2D eigenvalue weighted by Gasteiger charge is 2.42. The van der Waals surface area contributed by atoms with Crippen LogP contribution in [0.4, 0.5) is 0 Å². The van der Waals surface area contributed by atoms with E-state index in [1.54, 1.807) is 19.2 Å². The first-order valence-corrected chi connectivity index (χ1v) is 6.79. The molecule has 3 unspecified atom stereocenters. The van der Waals surface area contributed by atoms with Crippen molar-refractivity contribution in [3.63, 3.8) is 0 Å². The van der Waals surface area contributed by atoms with Gasteiger partial charge in [0.15, 0.2) is 0 Å². The molecule has 0 aliphatic heterocycles. The first-order chi connectivity index (χ1) is 8.65. The summed E-state index contributed by atoms with van der Waals surface area (Å²) >= 11 is 11.8. The lowest BCUT2D eigenvalue weighted by Gasteiger charge is -2.43. The molecule has 0 heterocycles. The number of nitrogens with one attached hydrogen (secondary N) is 1. The molecule has 0 spiro atoms. The van der Waals surface area contributed by atoms with Crippen molar-refractivity contribution in [2.45, 2.75) is 31.6 Å². The van der Waals surface area contributed by atoms with Crippen molar-refractivity contribution in [1.82, 2.24) is 5.32 Å². The van der Waals surface area contributed by atoms with Crippen LogP contribution in [-0.4, -0.2) is 31.9 Å². The van der Waals surface area contributed by atoms with Gasteiger partial charge in [0, 0.05) is 25.6 Å². The Bertz CT molecular complexity index is 414. The average molecular weight is 290 g/mol. The molecule has 0 aromatic heterocycles. The second kappa shape index (κ2) is 6.11. The molecule has 1 fully saturated rings. The van der Waals surface area contributed by atoms with Crippen LogP contribution in [0.3, 0.4) is 0 Å². The summed E-state index contributed by atoms with van der Waals surface area (Å²) in [5, 5.41) is 4.41. The van der Waals surface area contributed by atoms with Crippen molar-refractivity contribution in [3.05, 3.63) is 28.2 Å². The van der Waals surface area contributed by atoms with Crippen molar-refractivity contribution in [2.75, 3.05) is 13.7 Å². The lowest BCUT2D eigenvalue weighted by molar-refractivity contribution is -0.0883. The van der Waals surface area contributed by atoms with Crippen LogP contribution in [0, 0.1) is 0 Å². The van der Waals surface area contributed by atoms with E-state index in [0.717, 1.165) is 18.7 Å². The van der Waals surface area contributed by atoms with Gasteiger partial charge >= 0.3 is 0 Å². The van der Waals surface area contributed by atoms with Gasteiger partial charge in [0.05, 0.1) is 10.0 Å². The fourth-order valence-electron chi connectivity index (χ4n) is 2.20. The Morgan fingerprint density at radius 1 is 1.33 bits per heavy atom. The minimum atomic E-state index is 0.0660. The summed E-state index contributed by atoms with van der Waals surface area (Å²) in [4.78, 5) is 0. The number of benzene rings is 1. The van der Waals surface area contributed by atoms with Crippen LogP contribution in [0.2, 0.25) is 10.0 Å². The molecule has 0 bridgehead atoms. The molecule has 1 aromatic carbocycles. The predicted molar refractivity (Wildman–Crippen MR) is 73.8 cm³/mol. The van der Waals surface area contributed by atoms with Crippen LogP contribution in [0.5, 0.6) is 5.75 Å².